The number of nitrogens with zero attached hydrogens (tertiary/aromatic N) is 2. The lowest BCUT2D eigenvalue weighted by Crippen LogP contribution is -2.24. The van der Waals surface area contributed by atoms with Crippen molar-refractivity contribution >= 4 is 34.5 Å². The average molecular weight is 303 g/mol. The van der Waals surface area contributed by atoms with Crippen molar-refractivity contribution < 1.29 is 0 Å². The van der Waals surface area contributed by atoms with E-state index >= 15 is 0 Å². The Hall–Kier alpha value is -1.79. The maximum atomic E-state index is 12.5. The quantitative estimate of drug-likeness (QED) is 0.755. The van der Waals surface area contributed by atoms with E-state index in [-0.39, 0.29) is 11.5 Å². The van der Waals surface area contributed by atoms with Crippen molar-refractivity contribution in [3.05, 3.63) is 56.0 Å². The summed E-state index contributed by atoms with van der Waals surface area (Å²) in [5.41, 5.74) is 0.730. The Morgan fingerprint density at radius 1 is 1.45 bits per heavy atom. The van der Waals surface area contributed by atoms with E-state index in [9.17, 15) is 4.79 Å². The van der Waals surface area contributed by atoms with Crippen LogP contribution in [-0.2, 0) is 6.54 Å². The van der Waals surface area contributed by atoms with E-state index in [1.165, 1.54) is 0 Å². The second-order valence-electron chi connectivity index (χ2n) is 4.66. The largest absolute Gasteiger partial charge is 0.332 e. The molecule has 102 valence electrons. The maximum absolute atomic E-state index is 12.5. The van der Waals surface area contributed by atoms with Crippen molar-refractivity contribution in [1.82, 2.24) is 14.5 Å². The van der Waals surface area contributed by atoms with Gasteiger partial charge in [0.1, 0.15) is 0 Å². The Balaban J connectivity index is 2.08. The molecule has 0 saturated heterocycles. The second kappa shape index (κ2) is 5.30. The van der Waals surface area contributed by atoms with Crippen LogP contribution in [0.1, 0.15) is 17.8 Å². The lowest BCUT2D eigenvalue weighted by Gasteiger charge is -2.12. The highest BCUT2D eigenvalue weighted by Crippen LogP contribution is 2.19. The first-order valence-corrected chi connectivity index (χ1v) is 7.57. The molecule has 2 aromatic heterocycles. The summed E-state index contributed by atoms with van der Waals surface area (Å²) in [5, 5.41) is 3.61. The Morgan fingerprint density at radius 2 is 2.25 bits per heavy atom. The van der Waals surface area contributed by atoms with Gasteiger partial charge in [-0.25, -0.2) is 4.98 Å². The van der Waals surface area contributed by atoms with Crippen LogP contribution < -0.4 is 5.56 Å². The van der Waals surface area contributed by atoms with Gasteiger partial charge in [0, 0.05) is 24.0 Å². The van der Waals surface area contributed by atoms with Crippen molar-refractivity contribution in [1.29, 1.82) is 0 Å². The molecule has 1 atom stereocenters. The summed E-state index contributed by atoms with van der Waals surface area (Å²) in [5.74, 6) is 0.156. The molecule has 0 aliphatic rings. The van der Waals surface area contributed by atoms with Gasteiger partial charge in [0.05, 0.1) is 15.9 Å². The summed E-state index contributed by atoms with van der Waals surface area (Å²) in [6.45, 7) is 2.59. The minimum absolute atomic E-state index is 0.0484. The first kappa shape index (κ1) is 13.2. The zero-order chi connectivity index (χ0) is 14.1. The Bertz CT molecular complexity index is 849. The van der Waals surface area contributed by atoms with Crippen molar-refractivity contribution in [2.45, 2.75) is 19.4 Å². The van der Waals surface area contributed by atoms with Gasteiger partial charge >= 0.3 is 0 Å². The Labute approximate surface area is 124 Å². The molecule has 4 nitrogen and oxygen atoms in total. The molecule has 1 N–H and O–H groups in total. The fraction of sp³-hybridized carbons (Fsp3) is 0.214. The van der Waals surface area contributed by atoms with Crippen LogP contribution in [0.25, 0.3) is 10.9 Å². The zero-order valence-electron chi connectivity index (χ0n) is 10.9. The molecule has 0 spiro atoms. The normalized spacial score (nSPS) is 12.7. The third kappa shape index (κ3) is 2.32. The summed E-state index contributed by atoms with van der Waals surface area (Å²) in [4.78, 5) is 19.9. The molecule has 0 fully saturated rings. The molecule has 20 heavy (non-hydrogen) atoms. The van der Waals surface area contributed by atoms with Gasteiger partial charge in [-0.1, -0.05) is 19.1 Å². The van der Waals surface area contributed by atoms with E-state index in [1.54, 1.807) is 22.1 Å². The minimum Gasteiger partial charge on any atom is -0.332 e. The molecular weight excluding hydrogens is 290 g/mol. The van der Waals surface area contributed by atoms with E-state index in [0.717, 1.165) is 10.5 Å². The molecule has 6 heteroatoms. The number of rotatable bonds is 3. The number of aromatic amines is 1. The highest BCUT2D eigenvalue weighted by atomic mass is 32.1. The number of para-hydroxylation sites is 1. The van der Waals surface area contributed by atoms with Gasteiger partial charge < -0.3 is 4.98 Å². The van der Waals surface area contributed by atoms with Crippen LogP contribution in [0.4, 0.5) is 0 Å². The van der Waals surface area contributed by atoms with E-state index in [1.807, 2.05) is 29.6 Å². The van der Waals surface area contributed by atoms with Crippen LogP contribution in [0.15, 0.2) is 40.6 Å². The third-order valence-corrected chi connectivity index (χ3v) is 4.55. The number of hydrogen-bond donors (Lipinski definition) is 1. The summed E-state index contributed by atoms with van der Waals surface area (Å²) in [6.07, 6.45) is 1.78. The van der Waals surface area contributed by atoms with E-state index < -0.39 is 0 Å². The van der Waals surface area contributed by atoms with Crippen LogP contribution in [0.5, 0.6) is 0 Å². The van der Waals surface area contributed by atoms with E-state index in [2.05, 4.69) is 16.9 Å². The Kier molecular flexibility index (Phi) is 3.50. The number of hydrogen-bond acceptors (Lipinski definition) is 4. The topological polar surface area (TPSA) is 50.7 Å². The molecule has 3 aromatic rings. The molecule has 0 saturated carbocycles. The van der Waals surface area contributed by atoms with Crippen LogP contribution in [0, 0.1) is 4.77 Å². The fourth-order valence-electron chi connectivity index (χ4n) is 2.19. The molecule has 0 amide bonds. The van der Waals surface area contributed by atoms with Crippen LogP contribution in [-0.4, -0.2) is 14.5 Å². The van der Waals surface area contributed by atoms with Crippen molar-refractivity contribution in [3.8, 4) is 0 Å². The van der Waals surface area contributed by atoms with Crippen molar-refractivity contribution in [2.24, 2.45) is 0 Å². The van der Waals surface area contributed by atoms with E-state index in [0.29, 0.717) is 16.7 Å². The van der Waals surface area contributed by atoms with Crippen LogP contribution in [0.3, 0.4) is 0 Å². The van der Waals surface area contributed by atoms with Gasteiger partial charge in [-0.05, 0) is 24.4 Å². The van der Waals surface area contributed by atoms with Crippen molar-refractivity contribution in [2.75, 3.05) is 0 Å². The molecule has 3 rings (SSSR count). The van der Waals surface area contributed by atoms with Gasteiger partial charge in [-0.2, -0.15) is 0 Å². The van der Waals surface area contributed by atoms with E-state index in [4.69, 9.17) is 12.2 Å². The SMILES string of the molecule is CC(Cn1c(=S)[nH]c2ccccc2c1=O)c1nccs1. The summed E-state index contributed by atoms with van der Waals surface area (Å²) >= 11 is 6.90. The first-order chi connectivity index (χ1) is 9.66. The zero-order valence-corrected chi connectivity index (χ0v) is 12.5. The molecule has 0 bridgehead atoms. The third-order valence-electron chi connectivity index (χ3n) is 3.22. The first-order valence-electron chi connectivity index (χ1n) is 6.28. The number of nitrogens with one attached hydrogen (secondary N) is 1. The van der Waals surface area contributed by atoms with Gasteiger partial charge in [0.15, 0.2) is 4.77 Å². The molecule has 1 aromatic carbocycles. The molecule has 2 heterocycles. The van der Waals surface area contributed by atoms with Crippen LogP contribution >= 0.6 is 23.6 Å². The lowest BCUT2D eigenvalue weighted by molar-refractivity contribution is 0.568. The molecule has 1 unspecified atom stereocenters. The fourth-order valence-corrected chi connectivity index (χ4v) is 3.15. The lowest BCUT2D eigenvalue weighted by atomic mass is 10.2. The highest BCUT2D eigenvalue weighted by molar-refractivity contribution is 7.71. The number of fused-ring (bicyclic) bond motifs is 1. The number of H-pyrrole nitrogens is 1. The van der Waals surface area contributed by atoms with Crippen LogP contribution in [0.2, 0.25) is 0 Å². The summed E-state index contributed by atoms with van der Waals surface area (Å²) < 4.78 is 2.07. The summed E-state index contributed by atoms with van der Waals surface area (Å²) in [6, 6.07) is 7.42. The van der Waals surface area contributed by atoms with Gasteiger partial charge in [-0.3, -0.25) is 9.36 Å². The number of aromatic nitrogens is 3. The second-order valence-corrected chi connectivity index (χ2v) is 5.98. The molecule has 0 radical (unpaired) electrons. The maximum Gasteiger partial charge on any atom is 0.262 e. The molecule has 0 aliphatic carbocycles. The van der Waals surface area contributed by atoms with Gasteiger partial charge in [0.25, 0.3) is 5.56 Å². The standard InChI is InChI=1S/C14H13N3OS2/c1-9(12-15-6-7-20-12)8-17-13(18)10-4-2-3-5-11(10)16-14(17)19/h2-7,9H,8H2,1H3,(H,16,19). The Morgan fingerprint density at radius 3 is 3.00 bits per heavy atom. The van der Waals surface area contributed by atoms with Gasteiger partial charge in [0.2, 0.25) is 0 Å². The van der Waals surface area contributed by atoms with Gasteiger partial charge in [-0.15, -0.1) is 11.3 Å². The predicted octanol–water partition coefficient (Wildman–Crippen LogP) is 3.32. The average Bonchev–Trinajstić information content (AvgIpc) is 2.97. The smallest absolute Gasteiger partial charge is 0.262 e. The molecule has 0 aliphatic heterocycles. The number of benzene rings is 1. The number of thiazole rings is 1. The van der Waals surface area contributed by atoms with Crippen molar-refractivity contribution in [3.63, 3.8) is 0 Å². The minimum atomic E-state index is -0.0484. The summed E-state index contributed by atoms with van der Waals surface area (Å²) in [7, 11) is 0. The highest BCUT2D eigenvalue weighted by Gasteiger charge is 2.12. The monoisotopic (exact) mass is 303 g/mol. The molecular formula is C14H13N3OS2. The predicted molar refractivity (Wildman–Crippen MR) is 83.9 cm³/mol.